The lowest BCUT2D eigenvalue weighted by Crippen LogP contribution is -2.28. The zero-order chi connectivity index (χ0) is 19.7. The molecule has 0 saturated heterocycles. The molecule has 2 aromatic carbocycles. The molecule has 0 N–H and O–H groups in total. The molecule has 3 rings (SSSR count). The number of aromatic nitrogens is 1. The van der Waals surface area contributed by atoms with Crippen molar-refractivity contribution in [3.05, 3.63) is 88.5 Å². The molecule has 6 nitrogen and oxygen atoms in total. The number of halogens is 2. The van der Waals surface area contributed by atoms with Crippen LogP contribution in [0.2, 0.25) is 10.0 Å². The molecule has 0 spiro atoms. The molecule has 10 heteroatoms. The van der Waals surface area contributed by atoms with E-state index in [9.17, 15) is 16.8 Å². The van der Waals surface area contributed by atoms with Gasteiger partial charge >= 0.3 is 0 Å². The predicted octanol–water partition coefficient (Wildman–Crippen LogP) is 3.32. The van der Waals surface area contributed by atoms with Crippen molar-refractivity contribution >= 4 is 43.2 Å². The second-order valence-electron chi connectivity index (χ2n) is 5.33. The standard InChI is InChI=1S/C17H12Cl2N2O4S2/c18-13-4-8-15(9-5-13)26(22,23)20-17-3-1-2-12-21(17)27(24,25)16-10-6-14(19)7-11-16/h1-12H. The highest BCUT2D eigenvalue weighted by Crippen LogP contribution is 2.17. The largest absolute Gasteiger partial charge is 0.284 e. The lowest BCUT2D eigenvalue weighted by molar-refractivity contribution is 0.584. The third-order valence-corrected chi connectivity index (χ3v) is 6.99. The predicted molar refractivity (Wildman–Crippen MR) is 103 cm³/mol. The maximum absolute atomic E-state index is 12.9. The topological polar surface area (TPSA) is 85.6 Å². The molecule has 0 atom stereocenters. The first-order valence-corrected chi connectivity index (χ1v) is 11.1. The van der Waals surface area contributed by atoms with Gasteiger partial charge in [-0.15, -0.1) is 4.40 Å². The van der Waals surface area contributed by atoms with Gasteiger partial charge in [-0.3, -0.25) is 0 Å². The molecule has 3 aromatic rings. The minimum atomic E-state index is -4.14. The highest BCUT2D eigenvalue weighted by molar-refractivity contribution is 7.90. The van der Waals surface area contributed by atoms with Crippen LogP contribution in [0.5, 0.6) is 0 Å². The molecular weight excluding hydrogens is 431 g/mol. The van der Waals surface area contributed by atoms with Crippen molar-refractivity contribution in [1.82, 2.24) is 3.97 Å². The molecule has 0 aliphatic rings. The van der Waals surface area contributed by atoms with Gasteiger partial charge in [-0.05, 0) is 60.7 Å². The number of hydrogen-bond donors (Lipinski definition) is 0. The zero-order valence-corrected chi connectivity index (χ0v) is 16.7. The van der Waals surface area contributed by atoms with Crippen LogP contribution in [-0.4, -0.2) is 20.8 Å². The van der Waals surface area contributed by atoms with E-state index < -0.39 is 20.0 Å². The fourth-order valence-corrected chi connectivity index (χ4v) is 4.77. The fourth-order valence-electron chi connectivity index (χ4n) is 2.20. The average molecular weight is 443 g/mol. The van der Waals surface area contributed by atoms with Crippen molar-refractivity contribution in [2.75, 3.05) is 0 Å². The summed E-state index contributed by atoms with van der Waals surface area (Å²) in [5.74, 6) is 0. The number of rotatable bonds is 4. The van der Waals surface area contributed by atoms with E-state index in [0.717, 1.165) is 3.97 Å². The minimum absolute atomic E-state index is 0.0524. The summed E-state index contributed by atoms with van der Waals surface area (Å²) in [5, 5.41) is 0.747. The fraction of sp³-hybridized carbons (Fsp3) is 0. The Morgan fingerprint density at radius 3 is 1.78 bits per heavy atom. The van der Waals surface area contributed by atoms with Gasteiger partial charge in [0.05, 0.1) is 9.79 Å². The molecule has 0 aliphatic carbocycles. The van der Waals surface area contributed by atoms with E-state index in [1.54, 1.807) is 0 Å². The summed E-state index contributed by atoms with van der Waals surface area (Å²) < 4.78 is 55.3. The highest BCUT2D eigenvalue weighted by Gasteiger charge is 2.19. The van der Waals surface area contributed by atoms with Crippen LogP contribution in [0.25, 0.3) is 0 Å². The number of sulfonamides is 1. The van der Waals surface area contributed by atoms with Gasteiger partial charge in [0.2, 0.25) is 0 Å². The summed E-state index contributed by atoms with van der Waals surface area (Å²) in [6, 6.07) is 15.2. The number of hydrogen-bond acceptors (Lipinski definition) is 4. The molecule has 0 fully saturated rings. The molecular formula is C17H12Cl2N2O4S2. The molecule has 0 aliphatic heterocycles. The Bertz CT molecular complexity index is 1250. The molecule has 140 valence electrons. The van der Waals surface area contributed by atoms with Crippen LogP contribution in [0.1, 0.15) is 0 Å². The second kappa shape index (κ2) is 7.47. The van der Waals surface area contributed by atoms with Gasteiger partial charge in [-0.2, -0.15) is 8.42 Å². The Balaban J connectivity index is 2.18. The van der Waals surface area contributed by atoms with Gasteiger partial charge in [-0.1, -0.05) is 29.3 Å². The first kappa shape index (κ1) is 19.6. The normalized spacial score (nSPS) is 12.9. The molecule has 0 saturated carbocycles. The first-order valence-electron chi connectivity index (χ1n) is 7.45. The van der Waals surface area contributed by atoms with Crippen LogP contribution in [-0.2, 0) is 20.0 Å². The average Bonchev–Trinajstić information content (AvgIpc) is 2.62. The Labute approximate surface area is 166 Å². The summed E-state index contributed by atoms with van der Waals surface area (Å²) in [7, 11) is -8.21. The van der Waals surface area contributed by atoms with Crippen molar-refractivity contribution in [3.8, 4) is 0 Å². The minimum Gasteiger partial charge on any atom is -0.224 e. The van der Waals surface area contributed by atoms with E-state index in [1.807, 2.05) is 0 Å². The monoisotopic (exact) mass is 442 g/mol. The second-order valence-corrected chi connectivity index (χ2v) is 9.63. The Hall–Kier alpha value is -2.13. The summed E-state index contributed by atoms with van der Waals surface area (Å²) in [5.41, 5.74) is -0.262. The van der Waals surface area contributed by atoms with Crippen molar-refractivity contribution in [3.63, 3.8) is 0 Å². The quantitative estimate of drug-likeness (QED) is 0.619. The summed E-state index contributed by atoms with van der Waals surface area (Å²) in [6.07, 6.45) is 1.22. The number of benzene rings is 2. The SMILES string of the molecule is O=S(=O)(N=c1ccccn1S(=O)(=O)c1ccc(Cl)cc1)c1ccc(Cl)cc1. The van der Waals surface area contributed by atoms with E-state index >= 15 is 0 Å². The van der Waals surface area contributed by atoms with E-state index in [0.29, 0.717) is 10.0 Å². The Morgan fingerprint density at radius 1 is 0.704 bits per heavy atom. The summed E-state index contributed by atoms with van der Waals surface area (Å²) in [6.45, 7) is 0. The van der Waals surface area contributed by atoms with Crippen molar-refractivity contribution < 1.29 is 16.8 Å². The van der Waals surface area contributed by atoms with Crippen LogP contribution >= 0.6 is 23.2 Å². The van der Waals surface area contributed by atoms with Crippen LogP contribution in [0, 0.1) is 0 Å². The third-order valence-electron chi connectivity index (χ3n) is 3.50. The smallest absolute Gasteiger partial charge is 0.224 e. The van der Waals surface area contributed by atoms with Crippen molar-refractivity contribution in [2.45, 2.75) is 9.79 Å². The van der Waals surface area contributed by atoms with E-state index in [-0.39, 0.29) is 15.3 Å². The number of nitrogens with zero attached hydrogens (tertiary/aromatic N) is 2. The maximum Gasteiger partial charge on any atom is 0.284 e. The zero-order valence-electron chi connectivity index (χ0n) is 13.5. The molecule has 0 bridgehead atoms. The van der Waals surface area contributed by atoms with Gasteiger partial charge in [0.15, 0.2) is 5.49 Å². The van der Waals surface area contributed by atoms with Gasteiger partial charge in [0.25, 0.3) is 20.0 Å². The number of pyridine rings is 1. The first-order chi connectivity index (χ1) is 12.7. The molecule has 0 amide bonds. The van der Waals surface area contributed by atoms with E-state index in [1.165, 1.54) is 72.9 Å². The van der Waals surface area contributed by atoms with Gasteiger partial charge in [0.1, 0.15) is 0 Å². The van der Waals surface area contributed by atoms with E-state index in [4.69, 9.17) is 23.2 Å². The van der Waals surface area contributed by atoms with Crippen LogP contribution in [0.3, 0.4) is 0 Å². The summed E-state index contributed by atoms with van der Waals surface area (Å²) >= 11 is 11.6. The van der Waals surface area contributed by atoms with Crippen molar-refractivity contribution in [1.29, 1.82) is 0 Å². The molecule has 1 aromatic heterocycles. The molecule has 0 unspecified atom stereocenters. The van der Waals surface area contributed by atoms with Crippen LogP contribution < -0.4 is 5.49 Å². The van der Waals surface area contributed by atoms with Gasteiger partial charge in [0, 0.05) is 16.2 Å². The lowest BCUT2D eigenvalue weighted by Gasteiger charge is -2.09. The third kappa shape index (κ3) is 4.24. The lowest BCUT2D eigenvalue weighted by atomic mass is 10.4. The van der Waals surface area contributed by atoms with Crippen molar-refractivity contribution in [2.24, 2.45) is 4.40 Å². The van der Waals surface area contributed by atoms with E-state index in [2.05, 4.69) is 4.40 Å². The van der Waals surface area contributed by atoms with Crippen LogP contribution in [0.4, 0.5) is 0 Å². The molecule has 1 heterocycles. The van der Waals surface area contributed by atoms with Crippen LogP contribution in [0.15, 0.2) is 87.1 Å². The summed E-state index contributed by atoms with van der Waals surface area (Å²) in [4.78, 5) is -0.158. The maximum atomic E-state index is 12.9. The Morgan fingerprint density at radius 2 is 1.22 bits per heavy atom. The van der Waals surface area contributed by atoms with Gasteiger partial charge < -0.3 is 0 Å². The molecule has 27 heavy (non-hydrogen) atoms. The molecule has 0 radical (unpaired) electrons. The highest BCUT2D eigenvalue weighted by atomic mass is 35.5. The van der Waals surface area contributed by atoms with Gasteiger partial charge in [-0.25, -0.2) is 12.4 Å². The Kier molecular flexibility index (Phi) is 5.43.